The minimum absolute atomic E-state index is 3.52. The van der Waals surface area contributed by atoms with Crippen LogP contribution in [-0.4, -0.2) is 24.6 Å². The second-order valence-corrected chi connectivity index (χ2v) is 1.98. The molecule has 0 aromatic rings. The van der Waals surface area contributed by atoms with Gasteiger partial charge in [-0.25, -0.2) is 8.78 Å². The van der Waals surface area contributed by atoms with Crippen LogP contribution in [0.15, 0.2) is 0 Å². The van der Waals surface area contributed by atoms with Gasteiger partial charge in [0.25, 0.3) is 6.43 Å². The number of hydrogen-bond acceptors (Lipinski definition) is 1. The summed E-state index contributed by atoms with van der Waals surface area (Å²) in [6, 6.07) is -3.52. The monoisotopic (exact) mass is 199 g/mol. The van der Waals surface area contributed by atoms with Crippen LogP contribution in [0, 0.1) is 0 Å². The first-order valence-corrected chi connectivity index (χ1v) is 2.59. The summed E-state index contributed by atoms with van der Waals surface area (Å²) in [5.41, 5.74) is 3.96. The predicted octanol–water partition coefficient (Wildman–Crippen LogP) is 1.78. The second kappa shape index (κ2) is 3.08. The van der Waals surface area contributed by atoms with Crippen molar-refractivity contribution >= 4 is 0 Å². The SMILES string of the molecule is NC(C(F)F)C(F)(F)C(F)(F)F. The molecule has 1 unspecified atom stereocenters. The molecular weight excluding hydrogens is 195 g/mol. The maximum atomic E-state index is 11.8. The molecule has 0 rings (SSSR count). The van der Waals surface area contributed by atoms with Gasteiger partial charge in [0.15, 0.2) is 0 Å². The minimum atomic E-state index is -6.04. The summed E-state index contributed by atoms with van der Waals surface area (Å²) in [6.45, 7) is 0. The van der Waals surface area contributed by atoms with Crippen LogP contribution in [0.2, 0.25) is 0 Å². The summed E-state index contributed by atoms with van der Waals surface area (Å²) in [6.07, 6.45) is -9.95. The number of alkyl halides is 7. The first-order valence-electron chi connectivity index (χ1n) is 2.59. The molecule has 1 atom stereocenters. The van der Waals surface area contributed by atoms with Crippen LogP contribution in [0.1, 0.15) is 0 Å². The van der Waals surface area contributed by atoms with Crippen LogP contribution < -0.4 is 5.73 Å². The Labute approximate surface area is 62.3 Å². The van der Waals surface area contributed by atoms with Crippen molar-refractivity contribution in [3.05, 3.63) is 0 Å². The molecule has 74 valence electrons. The molecule has 0 saturated heterocycles. The van der Waals surface area contributed by atoms with E-state index in [0.717, 1.165) is 0 Å². The molecule has 0 aromatic carbocycles. The van der Waals surface area contributed by atoms with Gasteiger partial charge in [0, 0.05) is 0 Å². The highest BCUT2D eigenvalue weighted by Crippen LogP contribution is 2.38. The average molecular weight is 199 g/mol. The fraction of sp³-hybridized carbons (Fsp3) is 1.00. The van der Waals surface area contributed by atoms with E-state index in [0.29, 0.717) is 0 Å². The van der Waals surface area contributed by atoms with Gasteiger partial charge in [0.2, 0.25) is 0 Å². The Morgan fingerprint density at radius 1 is 0.917 bits per heavy atom. The first kappa shape index (κ1) is 11.5. The lowest BCUT2D eigenvalue weighted by molar-refractivity contribution is -0.298. The van der Waals surface area contributed by atoms with Crippen LogP contribution >= 0.6 is 0 Å². The molecule has 0 saturated carbocycles. The van der Waals surface area contributed by atoms with Crippen molar-refractivity contribution in [2.24, 2.45) is 5.73 Å². The van der Waals surface area contributed by atoms with Crippen LogP contribution in [-0.2, 0) is 0 Å². The molecule has 0 aliphatic carbocycles. The fourth-order valence-corrected chi connectivity index (χ4v) is 0.347. The molecule has 0 amide bonds. The number of hydrogen-bond donors (Lipinski definition) is 1. The molecule has 1 nitrogen and oxygen atoms in total. The summed E-state index contributed by atoms with van der Waals surface area (Å²) >= 11 is 0. The lowest BCUT2D eigenvalue weighted by Crippen LogP contribution is -2.55. The van der Waals surface area contributed by atoms with E-state index in [2.05, 4.69) is 5.73 Å². The number of nitrogens with two attached hydrogens (primary N) is 1. The Bertz CT molecular complexity index is 150. The Morgan fingerprint density at radius 2 is 1.25 bits per heavy atom. The smallest absolute Gasteiger partial charge is 0.318 e. The van der Waals surface area contributed by atoms with Crippen molar-refractivity contribution in [1.82, 2.24) is 0 Å². The highest BCUT2D eigenvalue weighted by molar-refractivity contribution is 4.88. The largest absolute Gasteiger partial charge is 0.455 e. The maximum absolute atomic E-state index is 11.8. The third-order valence-corrected chi connectivity index (χ3v) is 1.07. The highest BCUT2D eigenvalue weighted by atomic mass is 19.4. The quantitative estimate of drug-likeness (QED) is 0.674. The molecule has 0 bridgehead atoms. The van der Waals surface area contributed by atoms with Gasteiger partial charge in [-0.3, -0.25) is 0 Å². The zero-order chi connectivity index (χ0) is 10.2. The van der Waals surface area contributed by atoms with E-state index >= 15 is 0 Å². The van der Waals surface area contributed by atoms with Crippen molar-refractivity contribution in [3.63, 3.8) is 0 Å². The van der Waals surface area contributed by atoms with Crippen molar-refractivity contribution in [1.29, 1.82) is 0 Å². The molecule has 0 aliphatic heterocycles. The molecule has 0 aromatic heterocycles. The van der Waals surface area contributed by atoms with E-state index in [-0.39, 0.29) is 0 Å². The lowest BCUT2D eigenvalue weighted by atomic mass is 10.1. The minimum Gasteiger partial charge on any atom is -0.318 e. The third-order valence-electron chi connectivity index (χ3n) is 1.07. The van der Waals surface area contributed by atoms with Crippen LogP contribution in [0.5, 0.6) is 0 Å². The predicted molar refractivity (Wildman–Crippen MR) is 25.0 cm³/mol. The lowest BCUT2D eigenvalue weighted by Gasteiger charge is -2.24. The number of halogens is 7. The Balaban J connectivity index is 4.61. The van der Waals surface area contributed by atoms with Gasteiger partial charge < -0.3 is 5.73 Å². The van der Waals surface area contributed by atoms with E-state index < -0.39 is 24.6 Å². The Hall–Kier alpha value is -0.530. The summed E-state index contributed by atoms with van der Waals surface area (Å²) in [7, 11) is 0. The average Bonchev–Trinajstić information content (AvgIpc) is 1.83. The molecule has 0 aliphatic rings. The second-order valence-electron chi connectivity index (χ2n) is 1.98. The van der Waals surface area contributed by atoms with Gasteiger partial charge in [-0.2, -0.15) is 22.0 Å². The van der Waals surface area contributed by atoms with Gasteiger partial charge in [0.1, 0.15) is 6.04 Å². The fourth-order valence-electron chi connectivity index (χ4n) is 0.347. The van der Waals surface area contributed by atoms with Gasteiger partial charge in [-0.05, 0) is 0 Å². The van der Waals surface area contributed by atoms with Crippen LogP contribution in [0.3, 0.4) is 0 Å². The topological polar surface area (TPSA) is 26.0 Å². The molecule has 8 heteroatoms. The third kappa shape index (κ3) is 1.99. The molecule has 0 heterocycles. The van der Waals surface area contributed by atoms with Crippen molar-refractivity contribution < 1.29 is 30.7 Å². The standard InChI is InChI=1S/C4H4F7N/c5-2(6)1(12)3(7,8)4(9,10)11/h1-2H,12H2. The Morgan fingerprint density at radius 3 is 1.33 bits per heavy atom. The van der Waals surface area contributed by atoms with Gasteiger partial charge in [0.05, 0.1) is 0 Å². The van der Waals surface area contributed by atoms with E-state index in [1.807, 2.05) is 0 Å². The molecule has 2 N–H and O–H groups in total. The van der Waals surface area contributed by atoms with E-state index in [4.69, 9.17) is 0 Å². The molecular formula is C4H4F7N. The van der Waals surface area contributed by atoms with E-state index in [1.54, 1.807) is 0 Å². The maximum Gasteiger partial charge on any atom is 0.455 e. The molecule has 0 spiro atoms. The highest BCUT2D eigenvalue weighted by Gasteiger charge is 2.63. The van der Waals surface area contributed by atoms with E-state index in [9.17, 15) is 30.7 Å². The first-order chi connectivity index (χ1) is 5.10. The van der Waals surface area contributed by atoms with Gasteiger partial charge in [-0.15, -0.1) is 0 Å². The summed E-state index contributed by atoms with van der Waals surface area (Å²) in [4.78, 5) is 0. The van der Waals surface area contributed by atoms with Crippen molar-refractivity contribution in [2.75, 3.05) is 0 Å². The van der Waals surface area contributed by atoms with Gasteiger partial charge in [-0.1, -0.05) is 0 Å². The molecule has 0 fully saturated rings. The zero-order valence-electron chi connectivity index (χ0n) is 5.38. The van der Waals surface area contributed by atoms with Crippen molar-refractivity contribution in [3.8, 4) is 0 Å². The molecule has 12 heavy (non-hydrogen) atoms. The van der Waals surface area contributed by atoms with Gasteiger partial charge >= 0.3 is 12.1 Å². The van der Waals surface area contributed by atoms with Crippen LogP contribution in [0.25, 0.3) is 0 Å². The summed E-state index contributed by atoms with van der Waals surface area (Å²) in [5.74, 6) is -5.55. The number of rotatable bonds is 2. The van der Waals surface area contributed by atoms with Crippen LogP contribution in [0.4, 0.5) is 30.7 Å². The summed E-state index contributed by atoms with van der Waals surface area (Å²) in [5, 5.41) is 0. The zero-order valence-corrected chi connectivity index (χ0v) is 5.38. The summed E-state index contributed by atoms with van der Waals surface area (Å²) < 4.78 is 80.2. The van der Waals surface area contributed by atoms with E-state index in [1.165, 1.54) is 0 Å². The normalized spacial score (nSPS) is 16.8. The van der Waals surface area contributed by atoms with Crippen molar-refractivity contribution in [2.45, 2.75) is 24.6 Å². The molecule has 0 radical (unpaired) electrons. The Kier molecular flexibility index (Phi) is 2.94.